The quantitative estimate of drug-likeness (QED) is 0.171. The smallest absolute Gasteiger partial charge is 0.0979 e. The van der Waals surface area contributed by atoms with Crippen LogP contribution in [0.3, 0.4) is 0 Å². The highest BCUT2D eigenvalue weighted by Gasteiger charge is 2.36. The highest BCUT2D eigenvalue weighted by Crippen LogP contribution is 2.51. The lowest BCUT2D eigenvalue weighted by molar-refractivity contribution is 0.632. The Morgan fingerprint density at radius 3 is 1.55 bits per heavy atom. The molecule has 2 heterocycles. The zero-order chi connectivity index (χ0) is 25.4. The Morgan fingerprint density at radius 2 is 0.974 bits per heavy atom. The third kappa shape index (κ3) is 2.84. The largest absolute Gasteiger partial charge is 0.310 e. The summed E-state index contributed by atoms with van der Waals surface area (Å²) < 4.78 is 0. The summed E-state index contributed by atoms with van der Waals surface area (Å²) in [6, 6.07) is 41.0. The van der Waals surface area contributed by atoms with Gasteiger partial charge in [0.25, 0.3) is 0 Å². The lowest BCUT2D eigenvalue weighted by Crippen LogP contribution is -2.30. The van der Waals surface area contributed by atoms with Gasteiger partial charge in [-0.15, -0.1) is 0 Å². The highest BCUT2D eigenvalue weighted by atomic mass is 15.2. The number of benzene rings is 6. The van der Waals surface area contributed by atoms with Gasteiger partial charge in [0.15, 0.2) is 0 Å². The first-order chi connectivity index (χ1) is 18.6. The monoisotopic (exact) mass is 487 g/mol. The molecule has 1 aliphatic heterocycles. The molecule has 6 aromatic carbocycles. The molecule has 180 valence electrons. The second-order valence-corrected chi connectivity index (χ2v) is 10.7. The van der Waals surface area contributed by atoms with Gasteiger partial charge in [0, 0.05) is 21.9 Å². The Bertz CT molecular complexity index is 2020. The van der Waals surface area contributed by atoms with E-state index in [0.717, 1.165) is 38.5 Å². The first-order valence-electron chi connectivity index (χ1n) is 13.1. The zero-order valence-corrected chi connectivity index (χ0v) is 21.3. The topological polar surface area (TPSA) is 29.0 Å². The molecule has 3 heteroatoms. The molecule has 8 rings (SSSR count). The van der Waals surface area contributed by atoms with E-state index in [2.05, 4.69) is 134 Å². The van der Waals surface area contributed by atoms with Crippen molar-refractivity contribution in [1.82, 2.24) is 9.97 Å². The predicted molar refractivity (Wildman–Crippen MR) is 159 cm³/mol. The number of anilines is 3. The summed E-state index contributed by atoms with van der Waals surface area (Å²) in [5, 5.41) is 4.70. The van der Waals surface area contributed by atoms with Crippen LogP contribution in [0, 0.1) is 0 Å². The molecule has 0 N–H and O–H groups in total. The van der Waals surface area contributed by atoms with Crippen LogP contribution in [0.15, 0.2) is 115 Å². The molecule has 0 unspecified atom stereocenters. The van der Waals surface area contributed by atoms with Crippen LogP contribution >= 0.6 is 0 Å². The maximum Gasteiger partial charge on any atom is 0.0979 e. The van der Waals surface area contributed by atoms with E-state index < -0.39 is 0 Å². The summed E-state index contributed by atoms with van der Waals surface area (Å²) in [7, 11) is 0. The summed E-state index contributed by atoms with van der Waals surface area (Å²) in [6.07, 6.45) is 0. The van der Waals surface area contributed by atoms with Crippen molar-refractivity contribution in [3.05, 3.63) is 126 Å². The van der Waals surface area contributed by atoms with Gasteiger partial charge in [0.05, 0.1) is 33.4 Å². The third-order valence-corrected chi connectivity index (χ3v) is 8.20. The van der Waals surface area contributed by atoms with Crippen molar-refractivity contribution in [1.29, 1.82) is 0 Å². The molecule has 1 aromatic heterocycles. The van der Waals surface area contributed by atoms with Gasteiger partial charge in [0.2, 0.25) is 0 Å². The van der Waals surface area contributed by atoms with Crippen LogP contribution in [-0.2, 0) is 5.41 Å². The molecule has 0 bridgehead atoms. The third-order valence-electron chi connectivity index (χ3n) is 8.20. The Kier molecular flexibility index (Phi) is 4.28. The van der Waals surface area contributed by atoms with Crippen LogP contribution in [0.5, 0.6) is 0 Å². The van der Waals surface area contributed by atoms with Crippen molar-refractivity contribution >= 4 is 60.7 Å². The average Bonchev–Trinajstić information content (AvgIpc) is 2.97. The Labute approximate surface area is 221 Å². The van der Waals surface area contributed by atoms with Crippen molar-refractivity contribution in [3.63, 3.8) is 0 Å². The maximum atomic E-state index is 5.26. The van der Waals surface area contributed by atoms with E-state index in [9.17, 15) is 0 Å². The number of para-hydroxylation sites is 2. The Morgan fingerprint density at radius 1 is 0.500 bits per heavy atom. The minimum Gasteiger partial charge on any atom is -0.310 e. The number of aromatic nitrogens is 2. The molecule has 0 aliphatic carbocycles. The number of nitrogens with zero attached hydrogens (tertiary/aromatic N) is 3. The SMILES string of the molecule is CC1(C)c2ccccc2N(c2ccc3nc4c5ccccc5c5ccccc5c4nc3c2)c2ccccc21. The maximum absolute atomic E-state index is 5.26. The highest BCUT2D eigenvalue weighted by molar-refractivity contribution is 6.23. The van der Waals surface area contributed by atoms with Crippen LogP contribution in [0.1, 0.15) is 25.0 Å². The Hall–Kier alpha value is -4.76. The van der Waals surface area contributed by atoms with E-state index in [0.29, 0.717) is 0 Å². The molecule has 0 amide bonds. The van der Waals surface area contributed by atoms with Crippen molar-refractivity contribution in [2.24, 2.45) is 0 Å². The standard InChI is InChI=1S/C35H25N3/c1-35(2)27-15-7-9-17-31(27)38(32-18-10-8-16-28(32)35)22-19-20-29-30(21-22)37-34-26-14-6-4-12-24(26)23-11-3-5-13-25(23)33(34)36-29/h3-21H,1-2H3. The number of hydrogen-bond acceptors (Lipinski definition) is 3. The molecule has 7 aromatic rings. The first-order valence-corrected chi connectivity index (χ1v) is 13.1. The fourth-order valence-corrected chi connectivity index (χ4v) is 6.35. The van der Waals surface area contributed by atoms with Crippen molar-refractivity contribution in [3.8, 4) is 0 Å². The summed E-state index contributed by atoms with van der Waals surface area (Å²) in [6.45, 7) is 4.63. The fraction of sp³-hybridized carbons (Fsp3) is 0.0857. The van der Waals surface area contributed by atoms with Gasteiger partial charge in [0.1, 0.15) is 0 Å². The lowest BCUT2D eigenvalue weighted by Gasteiger charge is -2.42. The zero-order valence-electron chi connectivity index (χ0n) is 21.3. The molecule has 38 heavy (non-hydrogen) atoms. The van der Waals surface area contributed by atoms with Gasteiger partial charge in [-0.25, -0.2) is 9.97 Å². The van der Waals surface area contributed by atoms with Gasteiger partial charge in [-0.3, -0.25) is 0 Å². The summed E-state index contributed by atoms with van der Waals surface area (Å²) in [5.74, 6) is 0. The van der Waals surface area contributed by atoms with Crippen molar-refractivity contribution in [2.45, 2.75) is 19.3 Å². The summed E-state index contributed by atoms with van der Waals surface area (Å²) in [5.41, 5.74) is 9.77. The van der Waals surface area contributed by atoms with E-state index in [-0.39, 0.29) is 5.41 Å². The number of fused-ring (bicyclic) bond motifs is 9. The van der Waals surface area contributed by atoms with Gasteiger partial charge >= 0.3 is 0 Å². The summed E-state index contributed by atoms with van der Waals surface area (Å²) in [4.78, 5) is 12.8. The van der Waals surface area contributed by atoms with Gasteiger partial charge in [-0.1, -0.05) is 98.8 Å². The number of rotatable bonds is 1. The van der Waals surface area contributed by atoms with Crippen LogP contribution in [-0.4, -0.2) is 9.97 Å². The predicted octanol–water partition coefficient (Wildman–Crippen LogP) is 9.20. The van der Waals surface area contributed by atoms with Gasteiger partial charge < -0.3 is 4.90 Å². The molecule has 0 spiro atoms. The van der Waals surface area contributed by atoms with Gasteiger partial charge in [-0.2, -0.15) is 0 Å². The molecular weight excluding hydrogens is 462 g/mol. The second-order valence-electron chi connectivity index (χ2n) is 10.7. The van der Waals surface area contributed by atoms with Crippen LogP contribution in [0.2, 0.25) is 0 Å². The van der Waals surface area contributed by atoms with E-state index >= 15 is 0 Å². The minimum absolute atomic E-state index is 0.0868. The van der Waals surface area contributed by atoms with Gasteiger partial charge in [-0.05, 0) is 52.2 Å². The molecule has 3 nitrogen and oxygen atoms in total. The van der Waals surface area contributed by atoms with Crippen LogP contribution in [0.4, 0.5) is 17.1 Å². The molecule has 0 radical (unpaired) electrons. The fourth-order valence-electron chi connectivity index (χ4n) is 6.35. The Balaban J connectivity index is 1.42. The van der Waals surface area contributed by atoms with E-state index in [4.69, 9.17) is 9.97 Å². The normalized spacial score (nSPS) is 14.2. The van der Waals surface area contributed by atoms with E-state index in [1.54, 1.807) is 0 Å². The van der Waals surface area contributed by atoms with E-state index in [1.165, 1.54) is 33.3 Å². The molecule has 0 fully saturated rings. The molecule has 0 saturated heterocycles. The summed E-state index contributed by atoms with van der Waals surface area (Å²) >= 11 is 0. The molecule has 0 saturated carbocycles. The first kappa shape index (κ1) is 21.3. The second kappa shape index (κ2) is 7.62. The lowest BCUT2D eigenvalue weighted by atomic mass is 9.73. The molecule has 1 aliphatic rings. The van der Waals surface area contributed by atoms with Crippen LogP contribution in [0.25, 0.3) is 43.6 Å². The van der Waals surface area contributed by atoms with Crippen LogP contribution < -0.4 is 4.90 Å². The molecular formula is C35H25N3. The average molecular weight is 488 g/mol. The minimum atomic E-state index is -0.0868. The van der Waals surface area contributed by atoms with Crippen molar-refractivity contribution < 1.29 is 0 Å². The van der Waals surface area contributed by atoms with E-state index in [1.807, 2.05) is 0 Å². The molecule has 0 atom stereocenters. The number of hydrogen-bond donors (Lipinski definition) is 0. The van der Waals surface area contributed by atoms with Crippen molar-refractivity contribution in [2.75, 3.05) is 4.90 Å².